The molecule has 5 heteroatoms. The Morgan fingerprint density at radius 2 is 2.18 bits per heavy atom. The second-order valence-corrected chi connectivity index (χ2v) is 6.27. The van der Waals surface area contributed by atoms with Crippen LogP contribution in [0.5, 0.6) is 0 Å². The molecule has 1 saturated heterocycles. The van der Waals surface area contributed by atoms with Crippen molar-refractivity contribution >= 4 is 6.03 Å². The van der Waals surface area contributed by atoms with Gasteiger partial charge in [-0.1, -0.05) is 30.3 Å². The van der Waals surface area contributed by atoms with Crippen molar-refractivity contribution in [2.45, 2.75) is 38.5 Å². The fraction of sp³-hybridized carbons (Fsp3) is 0.588. The fourth-order valence-electron chi connectivity index (χ4n) is 2.91. The number of benzene rings is 1. The smallest absolute Gasteiger partial charge is 0.317 e. The monoisotopic (exact) mass is 305 g/mol. The van der Waals surface area contributed by atoms with E-state index in [2.05, 4.69) is 29.4 Å². The molecule has 0 bridgehead atoms. The molecule has 1 fully saturated rings. The first-order chi connectivity index (χ1) is 10.5. The van der Waals surface area contributed by atoms with E-state index in [1.807, 2.05) is 25.1 Å². The number of carbonyl (C=O) groups excluding carboxylic acids is 1. The Morgan fingerprint density at radius 3 is 2.86 bits per heavy atom. The summed E-state index contributed by atoms with van der Waals surface area (Å²) in [4.78, 5) is 16.1. The number of aliphatic hydroxyl groups is 1. The molecule has 2 N–H and O–H groups in total. The summed E-state index contributed by atoms with van der Waals surface area (Å²) in [6.07, 6.45) is 1.28. The van der Waals surface area contributed by atoms with Crippen LogP contribution >= 0.6 is 0 Å². The number of β-amino-alcohol motifs (C(OH)–C–C–N with tert-alkyl or cyclic N) is 1. The van der Waals surface area contributed by atoms with Gasteiger partial charge in [-0.05, 0) is 32.4 Å². The summed E-state index contributed by atoms with van der Waals surface area (Å²) in [5.74, 6) is 0. The summed E-state index contributed by atoms with van der Waals surface area (Å²) in [6, 6.07) is 10.3. The zero-order valence-electron chi connectivity index (χ0n) is 13.5. The zero-order valence-corrected chi connectivity index (χ0v) is 13.5. The molecule has 2 amide bonds. The molecular weight excluding hydrogens is 278 g/mol. The molecule has 1 aliphatic rings. The number of nitrogens with one attached hydrogen (secondary N) is 1. The molecule has 0 unspecified atom stereocenters. The van der Waals surface area contributed by atoms with Gasteiger partial charge in [-0.15, -0.1) is 0 Å². The average molecular weight is 305 g/mol. The molecule has 5 nitrogen and oxygen atoms in total. The average Bonchev–Trinajstić information content (AvgIpc) is 2.47. The summed E-state index contributed by atoms with van der Waals surface area (Å²) in [7, 11) is 2.06. The zero-order chi connectivity index (χ0) is 15.9. The van der Waals surface area contributed by atoms with E-state index in [4.69, 9.17) is 0 Å². The van der Waals surface area contributed by atoms with Crippen LogP contribution in [0.15, 0.2) is 30.3 Å². The van der Waals surface area contributed by atoms with Crippen LogP contribution < -0.4 is 5.32 Å². The standard InChI is InChI=1S/C17H27N3O2/c1-14(11-19(2)12-15-7-4-3-5-8-15)18-17(22)20-10-6-9-16(21)13-20/h3-5,7-8,14,16,21H,6,9-13H2,1-2H3,(H,18,22)/t14-,16+/m1/s1. The Hall–Kier alpha value is -1.59. The maximum Gasteiger partial charge on any atom is 0.317 e. The number of piperidine rings is 1. The minimum atomic E-state index is -0.379. The second kappa shape index (κ2) is 8.15. The molecule has 1 aliphatic heterocycles. The third-order valence-electron chi connectivity index (χ3n) is 3.93. The van der Waals surface area contributed by atoms with Gasteiger partial charge in [0.15, 0.2) is 0 Å². The molecule has 0 spiro atoms. The van der Waals surface area contributed by atoms with Crippen LogP contribution in [0.1, 0.15) is 25.3 Å². The molecule has 0 radical (unpaired) electrons. The van der Waals surface area contributed by atoms with Crippen LogP contribution in [0.25, 0.3) is 0 Å². The van der Waals surface area contributed by atoms with Crippen molar-refractivity contribution in [2.75, 3.05) is 26.7 Å². The molecule has 1 aromatic carbocycles. The third kappa shape index (κ3) is 5.31. The maximum atomic E-state index is 12.2. The number of carbonyl (C=O) groups is 1. The first-order valence-corrected chi connectivity index (χ1v) is 8.00. The van der Waals surface area contributed by atoms with E-state index in [1.165, 1.54) is 5.56 Å². The van der Waals surface area contributed by atoms with Crippen LogP contribution in [0.3, 0.4) is 0 Å². The van der Waals surface area contributed by atoms with Crippen LogP contribution in [0, 0.1) is 0 Å². The number of nitrogens with zero attached hydrogens (tertiary/aromatic N) is 2. The van der Waals surface area contributed by atoms with Gasteiger partial charge < -0.3 is 20.2 Å². The van der Waals surface area contributed by atoms with Crippen molar-refractivity contribution in [3.05, 3.63) is 35.9 Å². The summed E-state index contributed by atoms with van der Waals surface area (Å²) in [5.41, 5.74) is 1.27. The number of aliphatic hydroxyl groups excluding tert-OH is 1. The molecule has 0 aliphatic carbocycles. The van der Waals surface area contributed by atoms with Crippen molar-refractivity contribution < 1.29 is 9.90 Å². The molecule has 1 heterocycles. The quantitative estimate of drug-likeness (QED) is 0.870. The number of amides is 2. The van der Waals surface area contributed by atoms with Gasteiger partial charge in [0.2, 0.25) is 0 Å². The van der Waals surface area contributed by atoms with E-state index in [0.29, 0.717) is 6.54 Å². The van der Waals surface area contributed by atoms with E-state index in [-0.39, 0.29) is 18.2 Å². The van der Waals surface area contributed by atoms with Gasteiger partial charge in [-0.2, -0.15) is 0 Å². The highest BCUT2D eigenvalue weighted by Gasteiger charge is 2.23. The van der Waals surface area contributed by atoms with Gasteiger partial charge in [0.1, 0.15) is 0 Å². The lowest BCUT2D eigenvalue weighted by Crippen LogP contribution is -2.51. The van der Waals surface area contributed by atoms with Crippen LogP contribution in [-0.4, -0.2) is 59.8 Å². The summed E-state index contributed by atoms with van der Waals surface area (Å²) in [6.45, 7) is 4.84. The van der Waals surface area contributed by atoms with E-state index < -0.39 is 0 Å². The minimum Gasteiger partial charge on any atom is -0.391 e. The third-order valence-corrected chi connectivity index (χ3v) is 3.93. The van der Waals surface area contributed by atoms with Gasteiger partial charge in [0.05, 0.1) is 6.10 Å². The largest absolute Gasteiger partial charge is 0.391 e. The van der Waals surface area contributed by atoms with Gasteiger partial charge in [-0.25, -0.2) is 4.79 Å². The molecule has 122 valence electrons. The lowest BCUT2D eigenvalue weighted by atomic mass is 10.1. The van der Waals surface area contributed by atoms with Gasteiger partial charge in [-0.3, -0.25) is 0 Å². The number of hydrogen-bond acceptors (Lipinski definition) is 3. The van der Waals surface area contributed by atoms with Crippen LogP contribution in [0.2, 0.25) is 0 Å². The first-order valence-electron chi connectivity index (χ1n) is 8.00. The topological polar surface area (TPSA) is 55.8 Å². The molecule has 22 heavy (non-hydrogen) atoms. The Bertz CT molecular complexity index is 466. The lowest BCUT2D eigenvalue weighted by Gasteiger charge is -2.32. The Morgan fingerprint density at radius 1 is 1.45 bits per heavy atom. The van der Waals surface area contributed by atoms with Crippen LogP contribution in [-0.2, 0) is 6.54 Å². The van der Waals surface area contributed by atoms with E-state index in [0.717, 1.165) is 32.5 Å². The first kappa shape index (κ1) is 16.8. The van der Waals surface area contributed by atoms with Crippen molar-refractivity contribution in [2.24, 2.45) is 0 Å². The van der Waals surface area contributed by atoms with Gasteiger partial charge in [0.25, 0.3) is 0 Å². The Balaban J connectivity index is 1.74. The van der Waals surface area contributed by atoms with Crippen molar-refractivity contribution in [1.29, 1.82) is 0 Å². The van der Waals surface area contributed by atoms with Crippen LogP contribution in [0.4, 0.5) is 4.79 Å². The molecule has 1 aromatic rings. The number of likely N-dealkylation sites (N-methyl/N-ethyl adjacent to an activating group) is 1. The maximum absolute atomic E-state index is 12.2. The summed E-state index contributed by atoms with van der Waals surface area (Å²) < 4.78 is 0. The normalized spacial score (nSPS) is 20.0. The highest BCUT2D eigenvalue weighted by Crippen LogP contribution is 2.10. The van der Waals surface area contributed by atoms with Gasteiger partial charge in [0, 0.05) is 32.2 Å². The number of rotatable bonds is 5. The predicted molar refractivity (Wildman–Crippen MR) is 87.6 cm³/mol. The SMILES string of the molecule is C[C@H](CN(C)Cc1ccccc1)NC(=O)N1CCC[C@H](O)C1. The Kier molecular flexibility index (Phi) is 6.21. The van der Waals surface area contributed by atoms with Gasteiger partial charge >= 0.3 is 6.03 Å². The van der Waals surface area contributed by atoms with Crippen molar-refractivity contribution in [3.8, 4) is 0 Å². The highest BCUT2D eigenvalue weighted by atomic mass is 16.3. The van der Waals surface area contributed by atoms with Crippen molar-refractivity contribution in [3.63, 3.8) is 0 Å². The van der Waals surface area contributed by atoms with E-state index in [9.17, 15) is 9.90 Å². The molecule has 2 atom stereocenters. The van der Waals surface area contributed by atoms with Crippen molar-refractivity contribution in [1.82, 2.24) is 15.1 Å². The molecule has 2 rings (SSSR count). The minimum absolute atomic E-state index is 0.0697. The summed E-state index contributed by atoms with van der Waals surface area (Å²) >= 11 is 0. The highest BCUT2D eigenvalue weighted by molar-refractivity contribution is 5.74. The lowest BCUT2D eigenvalue weighted by molar-refractivity contribution is 0.0830. The summed E-state index contributed by atoms with van der Waals surface area (Å²) in [5, 5.41) is 12.7. The van der Waals surface area contributed by atoms with E-state index >= 15 is 0 Å². The second-order valence-electron chi connectivity index (χ2n) is 6.27. The number of urea groups is 1. The molecule has 0 saturated carbocycles. The predicted octanol–water partition coefficient (Wildman–Crippen LogP) is 1.67. The number of likely N-dealkylation sites (tertiary alicyclic amines) is 1. The Labute approximate surface area is 132 Å². The fourth-order valence-corrected chi connectivity index (χ4v) is 2.91. The van der Waals surface area contributed by atoms with E-state index in [1.54, 1.807) is 4.90 Å². The molecule has 0 aromatic heterocycles. The molecular formula is C17H27N3O2. The number of hydrogen-bond donors (Lipinski definition) is 2.